The normalized spacial score (nSPS) is 10.4. The maximum Gasteiger partial charge on any atom is 0.294 e. The van der Waals surface area contributed by atoms with Crippen molar-refractivity contribution in [2.45, 2.75) is 6.92 Å². The summed E-state index contributed by atoms with van der Waals surface area (Å²) in [6.07, 6.45) is 1.70. The minimum atomic E-state index is -0.418. The lowest BCUT2D eigenvalue weighted by Crippen LogP contribution is -2.00. The van der Waals surface area contributed by atoms with Crippen LogP contribution in [0, 0.1) is 17.0 Å². The molecule has 0 aliphatic carbocycles. The van der Waals surface area contributed by atoms with Gasteiger partial charge in [-0.2, -0.15) is 5.10 Å². The fourth-order valence-corrected chi connectivity index (χ4v) is 1.73. The number of rotatable bonds is 2. The first kappa shape index (κ1) is 10.8. The molecule has 5 nitrogen and oxygen atoms in total. The van der Waals surface area contributed by atoms with Crippen LogP contribution in [0.5, 0.6) is 0 Å². The van der Waals surface area contributed by atoms with E-state index >= 15 is 0 Å². The average molecular weight is 282 g/mol. The first-order chi connectivity index (χ1) is 7.58. The Balaban J connectivity index is 2.62. The van der Waals surface area contributed by atoms with Crippen LogP contribution in [0.25, 0.3) is 5.69 Å². The zero-order valence-electron chi connectivity index (χ0n) is 8.42. The summed E-state index contributed by atoms with van der Waals surface area (Å²) in [6, 6.07) is 6.56. The van der Waals surface area contributed by atoms with E-state index in [1.54, 1.807) is 24.4 Å². The molecule has 0 bridgehead atoms. The van der Waals surface area contributed by atoms with Crippen molar-refractivity contribution in [1.82, 2.24) is 9.78 Å². The second-order valence-corrected chi connectivity index (χ2v) is 4.21. The van der Waals surface area contributed by atoms with Gasteiger partial charge in [0.2, 0.25) is 0 Å². The molecule has 2 aromatic rings. The van der Waals surface area contributed by atoms with E-state index in [-0.39, 0.29) is 5.69 Å². The SMILES string of the molecule is Cc1ccn(-c2cc(Br)ccc2[N+](=O)[O-])n1. The van der Waals surface area contributed by atoms with Crippen molar-refractivity contribution in [2.75, 3.05) is 0 Å². The first-order valence-corrected chi connectivity index (χ1v) is 5.34. The second-order valence-electron chi connectivity index (χ2n) is 3.29. The number of aromatic nitrogens is 2. The highest BCUT2D eigenvalue weighted by atomic mass is 79.9. The zero-order valence-corrected chi connectivity index (χ0v) is 10.0. The van der Waals surface area contributed by atoms with Gasteiger partial charge in [0.05, 0.1) is 10.6 Å². The van der Waals surface area contributed by atoms with Crippen LogP contribution < -0.4 is 0 Å². The summed E-state index contributed by atoms with van der Waals surface area (Å²) in [7, 11) is 0. The summed E-state index contributed by atoms with van der Waals surface area (Å²) < 4.78 is 2.28. The van der Waals surface area contributed by atoms with Gasteiger partial charge in [-0.1, -0.05) is 15.9 Å². The fourth-order valence-electron chi connectivity index (χ4n) is 1.38. The molecule has 0 unspecified atom stereocenters. The molecule has 82 valence electrons. The second kappa shape index (κ2) is 4.05. The molecule has 0 N–H and O–H groups in total. The minimum Gasteiger partial charge on any atom is -0.258 e. The van der Waals surface area contributed by atoms with Gasteiger partial charge in [-0.3, -0.25) is 10.1 Å². The Labute approximate surface area is 100.0 Å². The Bertz CT molecular complexity index is 551. The lowest BCUT2D eigenvalue weighted by Gasteiger charge is -2.03. The van der Waals surface area contributed by atoms with Gasteiger partial charge in [0.15, 0.2) is 0 Å². The van der Waals surface area contributed by atoms with E-state index < -0.39 is 4.92 Å². The predicted molar refractivity (Wildman–Crippen MR) is 62.7 cm³/mol. The van der Waals surface area contributed by atoms with Gasteiger partial charge in [0.1, 0.15) is 5.69 Å². The topological polar surface area (TPSA) is 61.0 Å². The molecule has 2 rings (SSSR count). The van der Waals surface area contributed by atoms with Crippen molar-refractivity contribution in [2.24, 2.45) is 0 Å². The number of halogens is 1. The molecule has 0 amide bonds. The minimum absolute atomic E-state index is 0.0336. The van der Waals surface area contributed by atoms with Crippen LogP contribution in [0.3, 0.4) is 0 Å². The van der Waals surface area contributed by atoms with Crippen molar-refractivity contribution >= 4 is 21.6 Å². The van der Waals surface area contributed by atoms with Gasteiger partial charge in [-0.05, 0) is 25.1 Å². The van der Waals surface area contributed by atoms with E-state index in [9.17, 15) is 10.1 Å². The highest BCUT2D eigenvalue weighted by Crippen LogP contribution is 2.26. The molecule has 0 atom stereocenters. The molecule has 1 heterocycles. The number of hydrogen-bond donors (Lipinski definition) is 0. The highest BCUT2D eigenvalue weighted by molar-refractivity contribution is 9.10. The highest BCUT2D eigenvalue weighted by Gasteiger charge is 2.15. The molecule has 1 aromatic carbocycles. The maximum atomic E-state index is 10.9. The van der Waals surface area contributed by atoms with Gasteiger partial charge in [0, 0.05) is 16.7 Å². The third kappa shape index (κ3) is 1.96. The fraction of sp³-hybridized carbons (Fsp3) is 0.100. The summed E-state index contributed by atoms with van der Waals surface area (Å²) in [5.41, 5.74) is 1.30. The molecule has 0 aliphatic rings. The predicted octanol–water partition coefficient (Wildman–Crippen LogP) is 2.85. The Kier molecular flexibility index (Phi) is 2.74. The molecule has 0 radical (unpaired) electrons. The van der Waals surface area contributed by atoms with Gasteiger partial charge in [-0.15, -0.1) is 0 Å². The van der Waals surface area contributed by atoms with Crippen LogP contribution >= 0.6 is 15.9 Å². The molecule has 0 aliphatic heterocycles. The number of benzene rings is 1. The Morgan fingerprint density at radius 2 is 2.19 bits per heavy atom. The van der Waals surface area contributed by atoms with E-state index in [2.05, 4.69) is 21.0 Å². The molecule has 6 heteroatoms. The number of nitro groups is 1. The van der Waals surface area contributed by atoms with Crippen LogP contribution in [0.15, 0.2) is 34.9 Å². The van der Waals surface area contributed by atoms with Crippen LogP contribution in [0.1, 0.15) is 5.69 Å². The number of nitro benzene ring substituents is 1. The summed E-state index contributed by atoms with van der Waals surface area (Å²) in [5.74, 6) is 0. The van der Waals surface area contributed by atoms with E-state index in [0.29, 0.717) is 5.69 Å². The van der Waals surface area contributed by atoms with Gasteiger partial charge in [0.25, 0.3) is 5.69 Å². The molecule has 16 heavy (non-hydrogen) atoms. The standard InChI is InChI=1S/C10H8BrN3O2/c1-7-4-5-13(12-7)10-6-8(11)2-3-9(10)14(15)16/h2-6H,1H3. The van der Waals surface area contributed by atoms with Crippen LogP contribution in [-0.2, 0) is 0 Å². The number of nitrogens with zero attached hydrogens (tertiary/aromatic N) is 3. The number of aryl methyl sites for hydroxylation is 1. The first-order valence-electron chi connectivity index (χ1n) is 4.54. The van der Waals surface area contributed by atoms with E-state index in [0.717, 1.165) is 10.2 Å². The summed E-state index contributed by atoms with van der Waals surface area (Å²) in [6.45, 7) is 1.83. The van der Waals surface area contributed by atoms with Gasteiger partial charge >= 0.3 is 0 Å². The lowest BCUT2D eigenvalue weighted by atomic mass is 10.3. The Morgan fingerprint density at radius 3 is 2.75 bits per heavy atom. The zero-order chi connectivity index (χ0) is 11.7. The third-order valence-corrected chi connectivity index (χ3v) is 2.60. The molecular formula is C10H8BrN3O2. The van der Waals surface area contributed by atoms with Crippen LogP contribution in [0.2, 0.25) is 0 Å². The molecule has 0 saturated heterocycles. The smallest absolute Gasteiger partial charge is 0.258 e. The average Bonchev–Trinajstić information content (AvgIpc) is 2.64. The lowest BCUT2D eigenvalue weighted by molar-refractivity contribution is -0.384. The van der Waals surface area contributed by atoms with Gasteiger partial charge in [-0.25, -0.2) is 4.68 Å². The largest absolute Gasteiger partial charge is 0.294 e. The third-order valence-electron chi connectivity index (χ3n) is 2.10. The molecule has 0 spiro atoms. The summed E-state index contributed by atoms with van der Waals surface area (Å²) in [4.78, 5) is 10.4. The van der Waals surface area contributed by atoms with Crippen molar-refractivity contribution in [3.63, 3.8) is 0 Å². The summed E-state index contributed by atoms with van der Waals surface area (Å²) >= 11 is 3.29. The van der Waals surface area contributed by atoms with E-state index in [1.807, 2.05) is 6.92 Å². The van der Waals surface area contributed by atoms with E-state index in [4.69, 9.17) is 0 Å². The van der Waals surface area contributed by atoms with Gasteiger partial charge < -0.3 is 0 Å². The maximum absolute atomic E-state index is 10.9. The molecular weight excluding hydrogens is 274 g/mol. The number of hydrogen-bond acceptors (Lipinski definition) is 3. The quantitative estimate of drug-likeness (QED) is 0.628. The van der Waals surface area contributed by atoms with Crippen molar-refractivity contribution in [1.29, 1.82) is 0 Å². The van der Waals surface area contributed by atoms with Crippen molar-refractivity contribution in [3.8, 4) is 5.69 Å². The van der Waals surface area contributed by atoms with Crippen molar-refractivity contribution in [3.05, 3.63) is 50.7 Å². The monoisotopic (exact) mass is 281 g/mol. The van der Waals surface area contributed by atoms with Crippen molar-refractivity contribution < 1.29 is 4.92 Å². The molecule has 0 fully saturated rings. The Hall–Kier alpha value is -1.69. The van der Waals surface area contributed by atoms with E-state index in [1.165, 1.54) is 10.7 Å². The molecule has 1 aromatic heterocycles. The molecule has 0 saturated carbocycles. The Morgan fingerprint density at radius 1 is 1.44 bits per heavy atom. The van der Waals surface area contributed by atoms with Crippen LogP contribution in [-0.4, -0.2) is 14.7 Å². The van der Waals surface area contributed by atoms with Crippen LogP contribution in [0.4, 0.5) is 5.69 Å². The summed E-state index contributed by atoms with van der Waals surface area (Å²) in [5, 5.41) is 15.0.